The number of aromatic amines is 1. The number of H-pyrrole nitrogens is 1. The van der Waals surface area contributed by atoms with Crippen molar-refractivity contribution >= 4 is 23.3 Å². The Kier molecular flexibility index (Phi) is 4.07. The molecule has 0 amide bonds. The minimum atomic E-state index is 0.735. The molecular formula is C14H20N2OS. The fourth-order valence-corrected chi connectivity index (χ4v) is 2.44. The number of nitrogens with one attached hydrogen (secondary N) is 1. The van der Waals surface area contributed by atoms with Gasteiger partial charge in [-0.15, -0.1) is 0 Å². The lowest BCUT2D eigenvalue weighted by molar-refractivity contribution is 0.415. The molecule has 1 N–H and O–H groups in total. The maximum absolute atomic E-state index is 5.38. The van der Waals surface area contributed by atoms with Gasteiger partial charge in [0.05, 0.1) is 18.1 Å². The maximum Gasteiger partial charge on any atom is 0.178 e. The summed E-state index contributed by atoms with van der Waals surface area (Å²) >= 11 is 5.38. The van der Waals surface area contributed by atoms with E-state index in [4.69, 9.17) is 17.0 Å². The van der Waals surface area contributed by atoms with Crippen LogP contribution in [0.4, 0.5) is 0 Å². The van der Waals surface area contributed by atoms with E-state index in [0.717, 1.165) is 40.4 Å². The first-order valence-corrected chi connectivity index (χ1v) is 6.79. The normalized spacial score (nSPS) is 11.3. The van der Waals surface area contributed by atoms with Crippen LogP contribution in [0.5, 0.6) is 5.75 Å². The smallest absolute Gasteiger partial charge is 0.178 e. The van der Waals surface area contributed by atoms with Crippen LogP contribution >= 0.6 is 12.2 Å². The molecule has 0 spiro atoms. The van der Waals surface area contributed by atoms with E-state index < -0.39 is 0 Å². The van der Waals surface area contributed by atoms with Crippen molar-refractivity contribution in [1.82, 2.24) is 9.55 Å². The number of ether oxygens (including phenoxy) is 1. The highest BCUT2D eigenvalue weighted by Crippen LogP contribution is 2.21. The molecule has 0 unspecified atom stereocenters. The first-order chi connectivity index (χ1) is 8.61. The summed E-state index contributed by atoms with van der Waals surface area (Å²) in [6.45, 7) is 5.46. The summed E-state index contributed by atoms with van der Waals surface area (Å²) < 4.78 is 8.22. The molecule has 0 aliphatic heterocycles. The summed E-state index contributed by atoms with van der Waals surface area (Å²) in [5.41, 5.74) is 2.20. The number of aryl methyl sites for hydroxylation is 1. The highest BCUT2D eigenvalue weighted by atomic mass is 32.1. The molecule has 1 heterocycles. The zero-order chi connectivity index (χ0) is 13.1. The van der Waals surface area contributed by atoms with Crippen molar-refractivity contribution in [3.63, 3.8) is 0 Å². The summed E-state index contributed by atoms with van der Waals surface area (Å²) in [6, 6.07) is 6.01. The largest absolute Gasteiger partial charge is 0.497 e. The first kappa shape index (κ1) is 13.1. The third-order valence-corrected chi connectivity index (χ3v) is 3.47. The van der Waals surface area contributed by atoms with E-state index in [0.29, 0.717) is 0 Å². The summed E-state index contributed by atoms with van der Waals surface area (Å²) in [7, 11) is 1.69. The predicted molar refractivity (Wildman–Crippen MR) is 77.7 cm³/mol. The standard InChI is InChI=1S/C14H20N2OS/c1-10(2)5-4-8-16-13-9-11(17-3)6-7-12(13)15-14(16)18/h6-7,9-10H,4-5,8H2,1-3H3,(H,15,18). The molecule has 0 saturated carbocycles. The molecule has 3 nitrogen and oxygen atoms in total. The Labute approximate surface area is 113 Å². The van der Waals surface area contributed by atoms with Crippen molar-refractivity contribution in [3.8, 4) is 5.75 Å². The predicted octanol–water partition coefficient (Wildman–Crippen LogP) is 4.14. The molecule has 4 heteroatoms. The van der Waals surface area contributed by atoms with Crippen molar-refractivity contribution in [2.45, 2.75) is 33.2 Å². The average Bonchev–Trinajstić information content (AvgIpc) is 2.64. The highest BCUT2D eigenvalue weighted by Gasteiger charge is 2.06. The molecule has 1 aromatic heterocycles. The molecule has 0 saturated heterocycles. The molecule has 0 bridgehead atoms. The van der Waals surface area contributed by atoms with Crippen LogP contribution in [0.2, 0.25) is 0 Å². The van der Waals surface area contributed by atoms with Gasteiger partial charge in [0.15, 0.2) is 4.77 Å². The Balaban J connectivity index is 2.30. The lowest BCUT2D eigenvalue weighted by atomic mass is 10.1. The third kappa shape index (κ3) is 2.75. The molecule has 2 rings (SSSR count). The number of methoxy groups -OCH3 is 1. The summed E-state index contributed by atoms with van der Waals surface area (Å²) in [5.74, 6) is 1.60. The fourth-order valence-electron chi connectivity index (χ4n) is 2.14. The van der Waals surface area contributed by atoms with Gasteiger partial charge < -0.3 is 14.3 Å². The average molecular weight is 264 g/mol. The van der Waals surface area contributed by atoms with Crippen LogP contribution in [0.3, 0.4) is 0 Å². The van der Waals surface area contributed by atoms with E-state index in [-0.39, 0.29) is 0 Å². The Morgan fingerprint density at radius 2 is 2.17 bits per heavy atom. The minimum Gasteiger partial charge on any atom is -0.497 e. The Morgan fingerprint density at radius 1 is 1.39 bits per heavy atom. The number of nitrogens with zero attached hydrogens (tertiary/aromatic N) is 1. The second-order valence-electron chi connectivity index (χ2n) is 5.00. The lowest BCUT2D eigenvalue weighted by Crippen LogP contribution is -2.00. The highest BCUT2D eigenvalue weighted by molar-refractivity contribution is 7.71. The number of hydrogen-bond acceptors (Lipinski definition) is 2. The lowest BCUT2D eigenvalue weighted by Gasteiger charge is -2.07. The second kappa shape index (κ2) is 5.57. The maximum atomic E-state index is 5.38. The first-order valence-electron chi connectivity index (χ1n) is 6.38. The summed E-state index contributed by atoms with van der Waals surface area (Å²) in [6.07, 6.45) is 2.37. The molecule has 0 radical (unpaired) electrons. The number of benzene rings is 1. The van der Waals surface area contributed by atoms with Crippen molar-refractivity contribution in [2.24, 2.45) is 5.92 Å². The van der Waals surface area contributed by atoms with Gasteiger partial charge in [0.25, 0.3) is 0 Å². The van der Waals surface area contributed by atoms with E-state index in [1.807, 2.05) is 18.2 Å². The van der Waals surface area contributed by atoms with Gasteiger partial charge in [-0.1, -0.05) is 13.8 Å². The van der Waals surface area contributed by atoms with Gasteiger partial charge in [0.1, 0.15) is 5.75 Å². The Bertz CT molecular complexity index is 583. The second-order valence-corrected chi connectivity index (χ2v) is 5.39. The molecule has 0 aliphatic carbocycles. The zero-order valence-corrected chi connectivity index (χ0v) is 12.0. The van der Waals surface area contributed by atoms with Crippen LogP contribution in [-0.4, -0.2) is 16.7 Å². The summed E-state index contributed by atoms with van der Waals surface area (Å²) in [5, 5.41) is 0. The van der Waals surface area contributed by atoms with E-state index in [1.54, 1.807) is 7.11 Å². The number of hydrogen-bond donors (Lipinski definition) is 1. The number of imidazole rings is 1. The molecule has 2 aromatic rings. The molecular weight excluding hydrogens is 244 g/mol. The van der Waals surface area contributed by atoms with Gasteiger partial charge in [-0.25, -0.2) is 0 Å². The molecule has 1 aromatic carbocycles. The van der Waals surface area contributed by atoms with E-state index in [9.17, 15) is 0 Å². The number of rotatable bonds is 5. The molecule has 0 fully saturated rings. The van der Waals surface area contributed by atoms with Crippen molar-refractivity contribution in [3.05, 3.63) is 23.0 Å². The monoisotopic (exact) mass is 264 g/mol. The molecule has 98 valence electrons. The van der Waals surface area contributed by atoms with E-state index in [2.05, 4.69) is 23.4 Å². The van der Waals surface area contributed by atoms with Crippen molar-refractivity contribution < 1.29 is 4.74 Å². The minimum absolute atomic E-state index is 0.735. The number of aromatic nitrogens is 2. The SMILES string of the molecule is COc1ccc2[nH]c(=S)n(CCCC(C)C)c2c1. The molecule has 0 aliphatic rings. The quantitative estimate of drug-likeness (QED) is 0.822. The van der Waals surface area contributed by atoms with Crippen LogP contribution < -0.4 is 4.74 Å². The van der Waals surface area contributed by atoms with Crippen LogP contribution in [-0.2, 0) is 6.54 Å². The van der Waals surface area contributed by atoms with Gasteiger partial charge in [0.2, 0.25) is 0 Å². The molecule has 0 atom stereocenters. The van der Waals surface area contributed by atoms with Crippen molar-refractivity contribution in [1.29, 1.82) is 0 Å². The summed E-state index contributed by atoms with van der Waals surface area (Å²) in [4.78, 5) is 3.24. The van der Waals surface area contributed by atoms with Crippen LogP contribution in [0, 0.1) is 10.7 Å². The number of fused-ring (bicyclic) bond motifs is 1. The van der Waals surface area contributed by atoms with Gasteiger partial charge >= 0.3 is 0 Å². The van der Waals surface area contributed by atoms with Gasteiger partial charge in [-0.2, -0.15) is 0 Å². The van der Waals surface area contributed by atoms with E-state index >= 15 is 0 Å². The topological polar surface area (TPSA) is 29.9 Å². The van der Waals surface area contributed by atoms with Crippen LogP contribution in [0.25, 0.3) is 11.0 Å². The Hall–Kier alpha value is -1.29. The Morgan fingerprint density at radius 3 is 2.83 bits per heavy atom. The zero-order valence-electron chi connectivity index (χ0n) is 11.2. The molecule has 18 heavy (non-hydrogen) atoms. The van der Waals surface area contributed by atoms with Gasteiger partial charge in [-0.3, -0.25) is 0 Å². The van der Waals surface area contributed by atoms with E-state index in [1.165, 1.54) is 6.42 Å². The van der Waals surface area contributed by atoms with Gasteiger partial charge in [0, 0.05) is 12.6 Å². The fraction of sp³-hybridized carbons (Fsp3) is 0.500. The van der Waals surface area contributed by atoms with Gasteiger partial charge in [-0.05, 0) is 43.1 Å². The van der Waals surface area contributed by atoms with Crippen LogP contribution in [0.1, 0.15) is 26.7 Å². The third-order valence-electron chi connectivity index (χ3n) is 3.15. The van der Waals surface area contributed by atoms with Crippen LogP contribution in [0.15, 0.2) is 18.2 Å². The van der Waals surface area contributed by atoms with Crippen molar-refractivity contribution in [2.75, 3.05) is 7.11 Å².